The summed E-state index contributed by atoms with van der Waals surface area (Å²) in [6.45, 7) is 2.08. The highest BCUT2D eigenvalue weighted by Crippen LogP contribution is 2.15. The summed E-state index contributed by atoms with van der Waals surface area (Å²) in [5.74, 6) is 1.06. The normalized spacial score (nSPS) is 19.2. The summed E-state index contributed by atoms with van der Waals surface area (Å²) in [5.41, 5.74) is 0. The molecule has 5 nitrogen and oxygen atoms in total. The number of hydrogen-bond acceptors (Lipinski definition) is 4. The van der Waals surface area contributed by atoms with Crippen LogP contribution in [0.3, 0.4) is 0 Å². The van der Waals surface area contributed by atoms with Crippen molar-refractivity contribution in [3.05, 3.63) is 17.5 Å². The van der Waals surface area contributed by atoms with Crippen LogP contribution in [0.1, 0.15) is 19.3 Å². The van der Waals surface area contributed by atoms with Crippen molar-refractivity contribution in [3.63, 3.8) is 0 Å². The number of carbonyl (C=O) groups is 1. The van der Waals surface area contributed by atoms with Crippen molar-refractivity contribution >= 4 is 23.3 Å². The highest BCUT2D eigenvalue weighted by atomic mass is 35.5. The van der Waals surface area contributed by atoms with E-state index < -0.39 is 0 Å². The molecule has 0 radical (unpaired) electrons. The SMILES string of the molecule is O=C(CCC1CCNC1)Nc1cc(Cl)ncn1. The van der Waals surface area contributed by atoms with E-state index in [1.807, 2.05) is 0 Å². The zero-order chi connectivity index (χ0) is 12.1. The molecule has 1 atom stereocenters. The minimum atomic E-state index is -0.0216. The molecule has 1 unspecified atom stereocenters. The van der Waals surface area contributed by atoms with E-state index >= 15 is 0 Å². The summed E-state index contributed by atoms with van der Waals surface area (Å²) in [7, 11) is 0. The fourth-order valence-electron chi connectivity index (χ4n) is 1.90. The fraction of sp³-hybridized carbons (Fsp3) is 0.545. The topological polar surface area (TPSA) is 66.9 Å². The largest absolute Gasteiger partial charge is 0.316 e. The van der Waals surface area contributed by atoms with Crippen molar-refractivity contribution in [1.82, 2.24) is 15.3 Å². The third-order valence-corrected chi connectivity index (χ3v) is 3.05. The van der Waals surface area contributed by atoms with Crippen molar-refractivity contribution < 1.29 is 4.79 Å². The molecule has 0 aromatic carbocycles. The molecule has 0 saturated carbocycles. The van der Waals surface area contributed by atoms with Crippen LogP contribution in [0.25, 0.3) is 0 Å². The van der Waals surface area contributed by atoms with E-state index in [-0.39, 0.29) is 5.91 Å². The van der Waals surface area contributed by atoms with Crippen LogP contribution in [0, 0.1) is 5.92 Å². The van der Waals surface area contributed by atoms with Gasteiger partial charge >= 0.3 is 0 Å². The number of nitrogens with zero attached hydrogens (tertiary/aromatic N) is 2. The Morgan fingerprint density at radius 2 is 2.47 bits per heavy atom. The van der Waals surface area contributed by atoms with Gasteiger partial charge in [-0.05, 0) is 31.8 Å². The first kappa shape index (κ1) is 12.3. The maximum Gasteiger partial charge on any atom is 0.225 e. The number of nitrogens with one attached hydrogen (secondary N) is 2. The van der Waals surface area contributed by atoms with E-state index in [2.05, 4.69) is 20.6 Å². The second-order valence-corrected chi connectivity index (χ2v) is 4.56. The van der Waals surface area contributed by atoms with E-state index in [4.69, 9.17) is 11.6 Å². The maximum absolute atomic E-state index is 11.6. The van der Waals surface area contributed by atoms with Gasteiger partial charge in [0.2, 0.25) is 5.91 Å². The predicted molar refractivity (Wildman–Crippen MR) is 65.9 cm³/mol. The van der Waals surface area contributed by atoms with Gasteiger partial charge in [0.25, 0.3) is 0 Å². The Morgan fingerprint density at radius 3 is 3.18 bits per heavy atom. The van der Waals surface area contributed by atoms with E-state index in [1.54, 1.807) is 0 Å². The molecule has 0 spiro atoms. The molecule has 2 heterocycles. The molecule has 1 fully saturated rings. The number of carbonyl (C=O) groups excluding carboxylic acids is 1. The summed E-state index contributed by atoms with van der Waals surface area (Å²) >= 11 is 5.70. The lowest BCUT2D eigenvalue weighted by molar-refractivity contribution is -0.116. The van der Waals surface area contributed by atoms with E-state index in [1.165, 1.54) is 12.4 Å². The summed E-state index contributed by atoms with van der Waals surface area (Å²) in [5, 5.41) is 6.32. The Bertz CT molecular complexity index is 393. The van der Waals surface area contributed by atoms with Crippen molar-refractivity contribution in [2.24, 2.45) is 5.92 Å². The number of rotatable bonds is 4. The molecule has 0 bridgehead atoms. The average Bonchev–Trinajstić information content (AvgIpc) is 2.79. The van der Waals surface area contributed by atoms with Crippen LogP contribution < -0.4 is 10.6 Å². The molecule has 1 saturated heterocycles. The summed E-state index contributed by atoms with van der Waals surface area (Å²) in [6.07, 6.45) is 3.93. The highest BCUT2D eigenvalue weighted by molar-refractivity contribution is 6.29. The summed E-state index contributed by atoms with van der Waals surface area (Å²) < 4.78 is 0. The van der Waals surface area contributed by atoms with Crippen LogP contribution in [-0.4, -0.2) is 29.0 Å². The molecule has 0 aliphatic carbocycles. The van der Waals surface area contributed by atoms with E-state index in [9.17, 15) is 4.79 Å². The van der Waals surface area contributed by atoms with Crippen molar-refractivity contribution in [3.8, 4) is 0 Å². The number of hydrogen-bond donors (Lipinski definition) is 2. The molecular formula is C11H15ClN4O. The van der Waals surface area contributed by atoms with Crippen molar-refractivity contribution in [1.29, 1.82) is 0 Å². The Morgan fingerprint density at radius 1 is 1.59 bits per heavy atom. The van der Waals surface area contributed by atoms with E-state index in [0.29, 0.717) is 23.3 Å². The third kappa shape index (κ3) is 3.94. The zero-order valence-electron chi connectivity index (χ0n) is 9.45. The van der Waals surface area contributed by atoms with Gasteiger partial charge in [-0.2, -0.15) is 0 Å². The molecular weight excluding hydrogens is 240 g/mol. The Balaban J connectivity index is 1.76. The minimum absolute atomic E-state index is 0.0216. The fourth-order valence-corrected chi connectivity index (χ4v) is 2.05. The molecule has 1 aromatic heterocycles. The molecule has 2 rings (SSSR count). The van der Waals surface area contributed by atoms with Crippen molar-refractivity contribution in [2.45, 2.75) is 19.3 Å². The van der Waals surface area contributed by atoms with Crippen LogP contribution >= 0.6 is 11.6 Å². The van der Waals surface area contributed by atoms with Gasteiger partial charge in [-0.15, -0.1) is 0 Å². The van der Waals surface area contributed by atoms with Gasteiger partial charge < -0.3 is 10.6 Å². The highest BCUT2D eigenvalue weighted by Gasteiger charge is 2.15. The quantitative estimate of drug-likeness (QED) is 0.799. The number of halogens is 1. The zero-order valence-corrected chi connectivity index (χ0v) is 10.2. The predicted octanol–water partition coefficient (Wildman–Crippen LogP) is 1.46. The molecule has 17 heavy (non-hydrogen) atoms. The van der Waals surface area contributed by atoms with Gasteiger partial charge in [0.05, 0.1) is 0 Å². The standard InChI is InChI=1S/C11H15ClN4O/c12-9-5-10(15-7-14-9)16-11(17)2-1-8-3-4-13-6-8/h5,7-8,13H,1-4,6H2,(H,14,15,16,17). The number of anilines is 1. The maximum atomic E-state index is 11.6. The molecule has 1 amide bonds. The third-order valence-electron chi connectivity index (χ3n) is 2.84. The summed E-state index contributed by atoms with van der Waals surface area (Å²) in [6, 6.07) is 1.54. The summed E-state index contributed by atoms with van der Waals surface area (Å²) in [4.78, 5) is 19.3. The Labute approximate surface area is 105 Å². The van der Waals surface area contributed by atoms with Gasteiger partial charge in [0, 0.05) is 12.5 Å². The van der Waals surface area contributed by atoms with Crippen LogP contribution in [0.15, 0.2) is 12.4 Å². The van der Waals surface area contributed by atoms with Crippen LogP contribution in [0.2, 0.25) is 5.15 Å². The average molecular weight is 255 g/mol. The smallest absolute Gasteiger partial charge is 0.225 e. The molecule has 6 heteroatoms. The molecule has 2 N–H and O–H groups in total. The lowest BCUT2D eigenvalue weighted by atomic mass is 10.0. The first-order valence-electron chi connectivity index (χ1n) is 5.72. The van der Waals surface area contributed by atoms with Crippen LogP contribution in [0.4, 0.5) is 5.82 Å². The second kappa shape index (κ2) is 5.93. The van der Waals surface area contributed by atoms with Gasteiger partial charge in [-0.1, -0.05) is 11.6 Å². The van der Waals surface area contributed by atoms with Gasteiger partial charge in [-0.3, -0.25) is 4.79 Å². The first-order valence-corrected chi connectivity index (χ1v) is 6.10. The molecule has 1 aromatic rings. The van der Waals surface area contributed by atoms with Gasteiger partial charge in [0.15, 0.2) is 0 Å². The first-order chi connectivity index (χ1) is 8.24. The van der Waals surface area contributed by atoms with Gasteiger partial charge in [-0.25, -0.2) is 9.97 Å². The monoisotopic (exact) mass is 254 g/mol. The second-order valence-electron chi connectivity index (χ2n) is 4.17. The minimum Gasteiger partial charge on any atom is -0.316 e. The lowest BCUT2D eigenvalue weighted by Crippen LogP contribution is -2.15. The Hall–Kier alpha value is -1.20. The van der Waals surface area contributed by atoms with E-state index in [0.717, 1.165) is 25.9 Å². The van der Waals surface area contributed by atoms with Crippen LogP contribution in [0.5, 0.6) is 0 Å². The van der Waals surface area contributed by atoms with Crippen LogP contribution in [-0.2, 0) is 4.79 Å². The molecule has 1 aliphatic heterocycles. The molecule has 92 valence electrons. The lowest BCUT2D eigenvalue weighted by Gasteiger charge is -2.08. The number of amides is 1. The number of aromatic nitrogens is 2. The van der Waals surface area contributed by atoms with Crippen molar-refractivity contribution in [2.75, 3.05) is 18.4 Å². The Kier molecular flexibility index (Phi) is 4.28. The molecule has 1 aliphatic rings. The van der Waals surface area contributed by atoms with Gasteiger partial charge in [0.1, 0.15) is 17.3 Å².